The van der Waals surface area contributed by atoms with Crippen molar-refractivity contribution in [2.75, 3.05) is 0 Å². The van der Waals surface area contributed by atoms with Gasteiger partial charge in [-0.1, -0.05) is 30.3 Å². The minimum Gasteiger partial charge on any atom is -0.481 e. The summed E-state index contributed by atoms with van der Waals surface area (Å²) in [6, 6.07) is 8.45. The van der Waals surface area contributed by atoms with Crippen molar-refractivity contribution in [2.24, 2.45) is 0 Å². The molecule has 0 aliphatic rings. The van der Waals surface area contributed by atoms with E-state index in [2.05, 4.69) is 15.3 Å². The Balaban J connectivity index is 1.94. The summed E-state index contributed by atoms with van der Waals surface area (Å²) in [5.74, 6) is -0.654. The Morgan fingerprint density at radius 2 is 2.09 bits per heavy atom. The Hall–Kier alpha value is -2.83. The van der Waals surface area contributed by atoms with Crippen LogP contribution >= 0.6 is 0 Å². The molecule has 0 radical (unpaired) electrons. The first-order valence-corrected chi connectivity index (χ1v) is 6.75. The number of hydrogen-bond donors (Lipinski definition) is 3. The molecule has 1 aromatic carbocycles. The maximum absolute atomic E-state index is 11.8. The number of rotatable bonds is 6. The van der Waals surface area contributed by atoms with Crippen molar-refractivity contribution in [3.8, 4) is 0 Å². The number of carbonyl (C=O) groups is 2. The predicted molar refractivity (Wildman–Crippen MR) is 78.1 cm³/mol. The summed E-state index contributed by atoms with van der Waals surface area (Å²) >= 11 is 0. The molecule has 1 atom stereocenters. The van der Waals surface area contributed by atoms with Crippen LogP contribution < -0.4 is 5.32 Å². The quantitative estimate of drug-likeness (QED) is 0.758. The molecule has 7 nitrogen and oxygen atoms in total. The second-order valence-corrected chi connectivity index (χ2v) is 4.81. The molecule has 1 heterocycles. The Morgan fingerprint density at radius 1 is 1.36 bits per heavy atom. The molecule has 1 amide bonds. The van der Waals surface area contributed by atoms with Gasteiger partial charge in [0.25, 0.3) is 0 Å². The van der Waals surface area contributed by atoms with E-state index < -0.39 is 18.1 Å². The fourth-order valence-electron chi connectivity index (χ4n) is 1.91. The molecular weight excluding hydrogens is 286 g/mol. The summed E-state index contributed by atoms with van der Waals surface area (Å²) < 4.78 is 5.08. The SMILES string of the molecule is Cc1cnc([C@H](CC(=O)O)NC(=O)OCc2ccccc2)[nH]1. The van der Waals surface area contributed by atoms with Crippen LogP contribution in [-0.2, 0) is 16.1 Å². The van der Waals surface area contributed by atoms with Crippen molar-refractivity contribution < 1.29 is 19.4 Å². The van der Waals surface area contributed by atoms with Gasteiger partial charge in [-0.2, -0.15) is 0 Å². The summed E-state index contributed by atoms with van der Waals surface area (Å²) in [6.07, 6.45) is 0.596. The van der Waals surface area contributed by atoms with E-state index in [0.29, 0.717) is 5.82 Å². The van der Waals surface area contributed by atoms with Gasteiger partial charge in [-0.25, -0.2) is 9.78 Å². The molecule has 1 aromatic heterocycles. The highest BCUT2D eigenvalue weighted by Crippen LogP contribution is 2.14. The third-order valence-electron chi connectivity index (χ3n) is 2.94. The van der Waals surface area contributed by atoms with Gasteiger partial charge in [0.15, 0.2) is 0 Å². The minimum atomic E-state index is -1.04. The number of aromatic amines is 1. The number of carboxylic acids is 1. The summed E-state index contributed by atoms with van der Waals surface area (Å²) in [6.45, 7) is 1.91. The number of nitrogens with one attached hydrogen (secondary N) is 2. The lowest BCUT2D eigenvalue weighted by Gasteiger charge is -2.14. The number of nitrogens with zero attached hydrogens (tertiary/aromatic N) is 1. The van der Waals surface area contributed by atoms with Crippen molar-refractivity contribution in [1.82, 2.24) is 15.3 Å². The van der Waals surface area contributed by atoms with Crippen LogP contribution in [0.15, 0.2) is 36.5 Å². The molecule has 2 rings (SSSR count). The summed E-state index contributed by atoms with van der Waals surface area (Å²) in [7, 11) is 0. The van der Waals surface area contributed by atoms with E-state index in [1.54, 1.807) is 13.1 Å². The number of carbonyl (C=O) groups excluding carboxylic acids is 1. The van der Waals surface area contributed by atoms with Gasteiger partial charge in [-0.05, 0) is 12.5 Å². The first-order valence-electron chi connectivity index (χ1n) is 6.75. The molecule has 0 aliphatic heterocycles. The normalized spacial score (nSPS) is 11.7. The van der Waals surface area contributed by atoms with Crippen LogP contribution in [0.2, 0.25) is 0 Å². The van der Waals surface area contributed by atoms with Crippen molar-refractivity contribution >= 4 is 12.1 Å². The van der Waals surface area contributed by atoms with Crippen molar-refractivity contribution in [1.29, 1.82) is 0 Å². The molecule has 0 aliphatic carbocycles. The highest BCUT2D eigenvalue weighted by Gasteiger charge is 2.21. The number of benzene rings is 1. The molecular formula is C15H17N3O4. The smallest absolute Gasteiger partial charge is 0.408 e. The lowest BCUT2D eigenvalue weighted by molar-refractivity contribution is -0.137. The maximum Gasteiger partial charge on any atom is 0.408 e. The van der Waals surface area contributed by atoms with E-state index in [-0.39, 0.29) is 13.0 Å². The molecule has 116 valence electrons. The second-order valence-electron chi connectivity index (χ2n) is 4.81. The Kier molecular flexibility index (Phi) is 5.13. The van der Waals surface area contributed by atoms with E-state index in [1.165, 1.54) is 0 Å². The third-order valence-corrected chi connectivity index (χ3v) is 2.94. The van der Waals surface area contributed by atoms with E-state index in [0.717, 1.165) is 11.3 Å². The molecule has 22 heavy (non-hydrogen) atoms. The van der Waals surface area contributed by atoms with Gasteiger partial charge in [-0.15, -0.1) is 0 Å². The van der Waals surface area contributed by atoms with Crippen LogP contribution in [0.5, 0.6) is 0 Å². The number of H-pyrrole nitrogens is 1. The number of ether oxygens (including phenoxy) is 1. The van der Waals surface area contributed by atoms with Crippen molar-refractivity contribution in [3.63, 3.8) is 0 Å². The van der Waals surface area contributed by atoms with Crippen LogP contribution in [0.25, 0.3) is 0 Å². The van der Waals surface area contributed by atoms with E-state index in [9.17, 15) is 9.59 Å². The highest BCUT2D eigenvalue weighted by atomic mass is 16.5. The molecule has 7 heteroatoms. The van der Waals surface area contributed by atoms with Gasteiger partial charge in [0.1, 0.15) is 18.5 Å². The first-order chi connectivity index (χ1) is 10.5. The molecule has 0 spiro atoms. The average Bonchev–Trinajstić information content (AvgIpc) is 2.92. The minimum absolute atomic E-state index is 0.115. The number of aromatic nitrogens is 2. The topological polar surface area (TPSA) is 104 Å². The van der Waals surface area contributed by atoms with Crippen LogP contribution in [0, 0.1) is 6.92 Å². The van der Waals surface area contributed by atoms with Crippen molar-refractivity contribution in [2.45, 2.75) is 26.0 Å². The lowest BCUT2D eigenvalue weighted by Crippen LogP contribution is -2.31. The molecule has 0 fully saturated rings. The van der Waals surface area contributed by atoms with Gasteiger partial charge >= 0.3 is 12.1 Å². The third kappa shape index (κ3) is 4.62. The number of amides is 1. The lowest BCUT2D eigenvalue weighted by atomic mass is 10.2. The predicted octanol–water partition coefficient (Wildman–Crippen LogP) is 2.16. The van der Waals surface area contributed by atoms with Crippen LogP contribution in [0.3, 0.4) is 0 Å². The zero-order valence-corrected chi connectivity index (χ0v) is 12.1. The van der Waals surface area contributed by atoms with Gasteiger partial charge < -0.3 is 20.1 Å². The molecule has 2 aromatic rings. The monoisotopic (exact) mass is 303 g/mol. The fraction of sp³-hybridized carbons (Fsp3) is 0.267. The number of imidazole rings is 1. The number of hydrogen-bond acceptors (Lipinski definition) is 4. The number of carboxylic acid groups (broad SMARTS) is 1. The Bertz CT molecular complexity index is 639. The van der Waals surface area contributed by atoms with Crippen LogP contribution in [0.1, 0.15) is 29.5 Å². The molecule has 0 bridgehead atoms. The second kappa shape index (κ2) is 7.26. The standard InChI is InChI=1S/C15H17N3O4/c1-10-8-16-14(17-10)12(7-13(19)20)18-15(21)22-9-11-5-3-2-4-6-11/h2-6,8,12H,7,9H2,1H3,(H,16,17)(H,18,21)(H,19,20)/t12-/m0/s1. The summed E-state index contributed by atoms with van der Waals surface area (Å²) in [5.41, 5.74) is 1.63. The zero-order chi connectivity index (χ0) is 15.9. The van der Waals surface area contributed by atoms with Gasteiger partial charge in [0, 0.05) is 11.9 Å². The summed E-state index contributed by atoms with van der Waals surface area (Å²) in [5, 5.41) is 11.5. The fourth-order valence-corrected chi connectivity index (χ4v) is 1.91. The van der Waals surface area contributed by atoms with Crippen LogP contribution in [-0.4, -0.2) is 27.1 Å². The highest BCUT2D eigenvalue weighted by molar-refractivity contribution is 5.71. The van der Waals surface area contributed by atoms with Crippen LogP contribution in [0.4, 0.5) is 4.79 Å². The van der Waals surface area contributed by atoms with E-state index in [4.69, 9.17) is 9.84 Å². The number of aliphatic carboxylic acids is 1. The number of alkyl carbamates (subject to hydrolysis) is 1. The van der Waals surface area contributed by atoms with Gasteiger partial charge in [-0.3, -0.25) is 4.79 Å². The Labute approximate surface area is 127 Å². The molecule has 0 saturated heterocycles. The molecule has 3 N–H and O–H groups in total. The van der Waals surface area contributed by atoms with Gasteiger partial charge in [0.2, 0.25) is 0 Å². The average molecular weight is 303 g/mol. The zero-order valence-electron chi connectivity index (χ0n) is 12.1. The van der Waals surface area contributed by atoms with Crippen molar-refractivity contribution in [3.05, 3.63) is 53.6 Å². The largest absolute Gasteiger partial charge is 0.481 e. The first kappa shape index (κ1) is 15.6. The van der Waals surface area contributed by atoms with E-state index in [1.807, 2.05) is 30.3 Å². The summed E-state index contributed by atoms with van der Waals surface area (Å²) in [4.78, 5) is 29.7. The number of aryl methyl sites for hydroxylation is 1. The molecule has 0 saturated carbocycles. The maximum atomic E-state index is 11.8. The van der Waals surface area contributed by atoms with Gasteiger partial charge in [0.05, 0.1) is 6.42 Å². The molecule has 0 unspecified atom stereocenters. The van der Waals surface area contributed by atoms with E-state index >= 15 is 0 Å². The Morgan fingerprint density at radius 3 is 2.68 bits per heavy atom.